The molecule has 2 aliphatic rings. The van der Waals surface area contributed by atoms with E-state index in [2.05, 4.69) is 63.4 Å². The maximum Gasteiger partial charge on any atom is 0.150 e. The van der Waals surface area contributed by atoms with Crippen molar-refractivity contribution < 1.29 is 13.2 Å². The Morgan fingerprint density at radius 2 is 1.84 bits per heavy atom. The van der Waals surface area contributed by atoms with E-state index < -0.39 is 9.84 Å². The minimum Gasteiger partial charge on any atom is -0.383 e. The minimum absolute atomic E-state index is 0.0402. The number of methoxy groups -OCH3 is 1. The van der Waals surface area contributed by atoms with Crippen LogP contribution in [0.3, 0.4) is 0 Å². The molecule has 2 fully saturated rings. The molecule has 8 nitrogen and oxygen atoms in total. The molecule has 0 radical (unpaired) electrons. The number of ether oxygens (including phenoxy) is 1. The van der Waals surface area contributed by atoms with E-state index >= 15 is 0 Å². The number of halogens is 1. The lowest BCUT2D eigenvalue weighted by Gasteiger charge is -2.33. The number of nitrogens with zero attached hydrogens (tertiary/aromatic N) is 2. The number of hydrogen-bond donors (Lipinski definition) is 3. The van der Waals surface area contributed by atoms with E-state index in [1.165, 1.54) is 0 Å². The van der Waals surface area contributed by atoms with Crippen molar-refractivity contribution >= 4 is 44.1 Å². The zero-order valence-corrected chi connectivity index (χ0v) is 25.1. The second kappa shape index (κ2) is 12.6. The van der Waals surface area contributed by atoms with Crippen molar-refractivity contribution in [3.63, 3.8) is 0 Å². The van der Waals surface area contributed by atoms with Crippen LogP contribution in [0.1, 0.15) is 52.4 Å². The molecule has 1 saturated heterocycles. The second-order valence-corrected chi connectivity index (χ2v) is 14.5. The first-order valence-corrected chi connectivity index (χ1v) is 16.1. The molecular formula is C27H40IN5O3S. The van der Waals surface area contributed by atoms with Crippen LogP contribution < -0.4 is 16.0 Å². The summed E-state index contributed by atoms with van der Waals surface area (Å²) in [5.41, 5.74) is 1.92. The van der Waals surface area contributed by atoms with Crippen LogP contribution >= 0.6 is 22.6 Å². The van der Waals surface area contributed by atoms with E-state index in [-0.39, 0.29) is 16.9 Å². The Labute approximate surface area is 235 Å². The normalized spacial score (nSPS) is 23.8. The fraction of sp³-hybridized carbons (Fsp3) is 0.630. The van der Waals surface area contributed by atoms with Gasteiger partial charge in [0.05, 0.1) is 23.8 Å². The first kappa shape index (κ1) is 28.5. The average Bonchev–Trinajstić information content (AvgIpc) is 2.88. The fourth-order valence-corrected chi connectivity index (χ4v) is 7.61. The van der Waals surface area contributed by atoms with Crippen molar-refractivity contribution in [2.75, 3.05) is 42.4 Å². The van der Waals surface area contributed by atoms with Gasteiger partial charge in [-0.25, -0.2) is 18.4 Å². The molecule has 0 aromatic carbocycles. The molecule has 1 saturated carbocycles. The lowest BCUT2D eigenvalue weighted by molar-refractivity contribution is 0.161. The zero-order chi connectivity index (χ0) is 26.5. The summed E-state index contributed by atoms with van der Waals surface area (Å²) in [5.74, 6) is 2.24. The maximum absolute atomic E-state index is 11.8. The highest BCUT2D eigenvalue weighted by molar-refractivity contribution is 14.1. The minimum atomic E-state index is -2.87. The van der Waals surface area contributed by atoms with Gasteiger partial charge < -0.3 is 20.7 Å². The van der Waals surface area contributed by atoms with E-state index in [4.69, 9.17) is 9.72 Å². The van der Waals surface area contributed by atoms with Crippen LogP contribution in [0.5, 0.6) is 0 Å². The monoisotopic (exact) mass is 641 g/mol. The van der Waals surface area contributed by atoms with Gasteiger partial charge in [0.15, 0.2) is 0 Å². The van der Waals surface area contributed by atoms with Gasteiger partial charge in [-0.1, -0.05) is 13.0 Å². The summed E-state index contributed by atoms with van der Waals surface area (Å²) in [4.78, 5) is 9.53. The topological polar surface area (TPSA) is 105 Å². The Balaban J connectivity index is 1.36. The van der Waals surface area contributed by atoms with E-state index in [1.807, 2.05) is 24.4 Å². The van der Waals surface area contributed by atoms with Gasteiger partial charge in [-0.15, -0.1) is 0 Å². The molecule has 4 rings (SSSR count). The Hall–Kier alpha value is -1.50. The molecule has 3 N–H and O–H groups in total. The van der Waals surface area contributed by atoms with Gasteiger partial charge >= 0.3 is 0 Å². The standard InChI is InChI=1S/C27H40IN5O3S/c1-19(17-36-3)31-20-7-9-21(10-8-20)32-26-15-22(23(28)16-29-26)24-5-4-6-25(33-24)30-18-27(2)11-13-37(34,35)14-12-27/h4-6,15-16,19-21,31H,7-14,17-18H2,1-3H3,(H,29,32)(H,30,33)/t19-,20-,21-/m1/s1. The summed E-state index contributed by atoms with van der Waals surface area (Å²) in [5, 5.41) is 10.8. The first-order valence-electron chi connectivity index (χ1n) is 13.2. The smallest absolute Gasteiger partial charge is 0.150 e. The highest BCUT2D eigenvalue weighted by Crippen LogP contribution is 2.33. The molecule has 0 bridgehead atoms. The molecular weight excluding hydrogens is 601 g/mol. The molecule has 2 aromatic heterocycles. The molecule has 3 heterocycles. The fourth-order valence-electron chi connectivity index (χ4n) is 5.22. The molecule has 10 heteroatoms. The Kier molecular flexibility index (Phi) is 9.68. The summed E-state index contributed by atoms with van der Waals surface area (Å²) >= 11 is 2.32. The van der Waals surface area contributed by atoms with E-state index in [0.29, 0.717) is 37.5 Å². The van der Waals surface area contributed by atoms with E-state index in [9.17, 15) is 8.42 Å². The van der Waals surface area contributed by atoms with E-state index in [0.717, 1.165) is 58.8 Å². The first-order chi connectivity index (χ1) is 17.6. The molecule has 0 unspecified atom stereocenters. The van der Waals surface area contributed by atoms with Gasteiger partial charge in [0.25, 0.3) is 0 Å². The third-order valence-electron chi connectivity index (χ3n) is 7.63. The van der Waals surface area contributed by atoms with Crippen molar-refractivity contribution in [2.24, 2.45) is 5.41 Å². The molecule has 1 aliphatic heterocycles. The van der Waals surface area contributed by atoms with Crippen LogP contribution in [0, 0.1) is 8.99 Å². The van der Waals surface area contributed by atoms with Crippen LogP contribution in [0.2, 0.25) is 0 Å². The molecule has 0 spiro atoms. The molecule has 37 heavy (non-hydrogen) atoms. The lowest BCUT2D eigenvalue weighted by Crippen LogP contribution is -2.42. The van der Waals surface area contributed by atoms with Gasteiger partial charge in [0.1, 0.15) is 21.5 Å². The number of rotatable bonds is 10. The van der Waals surface area contributed by atoms with Gasteiger partial charge in [-0.3, -0.25) is 0 Å². The number of anilines is 2. The van der Waals surface area contributed by atoms with Gasteiger partial charge in [-0.2, -0.15) is 0 Å². The van der Waals surface area contributed by atoms with Crippen LogP contribution in [-0.2, 0) is 14.6 Å². The van der Waals surface area contributed by atoms with Gasteiger partial charge in [0.2, 0.25) is 0 Å². The molecule has 2 aromatic rings. The Bertz CT molecular complexity index is 1140. The van der Waals surface area contributed by atoms with Crippen LogP contribution in [0.15, 0.2) is 30.5 Å². The van der Waals surface area contributed by atoms with E-state index in [1.54, 1.807) is 7.11 Å². The Morgan fingerprint density at radius 3 is 2.54 bits per heavy atom. The number of sulfone groups is 1. The SMILES string of the molecule is COC[C@@H](C)N[C@H]1CC[C@H](Nc2cc(-c3cccc(NCC4(C)CCS(=O)(=O)CC4)n3)c(I)cn2)CC1. The number of nitrogens with one attached hydrogen (secondary N) is 3. The third-order valence-corrected chi connectivity index (χ3v) is 10.1. The number of pyridine rings is 2. The summed E-state index contributed by atoms with van der Waals surface area (Å²) < 4.78 is 29.9. The summed E-state index contributed by atoms with van der Waals surface area (Å²) in [6.07, 6.45) is 7.78. The number of aromatic nitrogens is 2. The quantitative estimate of drug-likeness (QED) is 0.320. The van der Waals surface area contributed by atoms with Crippen molar-refractivity contribution in [2.45, 2.75) is 70.5 Å². The number of hydrogen-bond acceptors (Lipinski definition) is 8. The van der Waals surface area contributed by atoms with Crippen molar-refractivity contribution in [1.82, 2.24) is 15.3 Å². The van der Waals surface area contributed by atoms with Gasteiger partial charge in [-0.05, 0) is 91.7 Å². The van der Waals surface area contributed by atoms with Crippen LogP contribution in [-0.4, -0.2) is 68.3 Å². The maximum atomic E-state index is 11.8. The van der Waals surface area contributed by atoms with Gasteiger partial charge in [0, 0.05) is 47.1 Å². The van der Waals surface area contributed by atoms with Crippen molar-refractivity contribution in [3.8, 4) is 11.3 Å². The van der Waals surface area contributed by atoms with Crippen LogP contribution in [0.25, 0.3) is 11.3 Å². The predicted molar refractivity (Wildman–Crippen MR) is 159 cm³/mol. The molecule has 1 atom stereocenters. The summed E-state index contributed by atoms with van der Waals surface area (Å²) in [6, 6.07) is 9.45. The highest BCUT2D eigenvalue weighted by Gasteiger charge is 2.33. The molecule has 1 aliphatic carbocycles. The largest absolute Gasteiger partial charge is 0.383 e. The third kappa shape index (κ3) is 8.24. The van der Waals surface area contributed by atoms with Crippen LogP contribution in [0.4, 0.5) is 11.6 Å². The predicted octanol–water partition coefficient (Wildman–Crippen LogP) is 4.72. The highest BCUT2D eigenvalue weighted by atomic mass is 127. The summed E-state index contributed by atoms with van der Waals surface area (Å²) in [7, 11) is -1.13. The zero-order valence-electron chi connectivity index (χ0n) is 22.1. The lowest BCUT2D eigenvalue weighted by atomic mass is 9.84. The second-order valence-electron chi connectivity index (χ2n) is 11.0. The molecule has 204 valence electrons. The molecule has 0 amide bonds. The summed E-state index contributed by atoms with van der Waals surface area (Å²) in [6.45, 7) is 5.78. The van der Waals surface area contributed by atoms with Crippen molar-refractivity contribution in [3.05, 3.63) is 34.0 Å². The average molecular weight is 642 g/mol. The van der Waals surface area contributed by atoms with Crippen molar-refractivity contribution in [1.29, 1.82) is 0 Å². The Morgan fingerprint density at radius 1 is 1.14 bits per heavy atom.